The van der Waals surface area contributed by atoms with Crippen LogP contribution in [0.15, 0.2) is 30.3 Å². The third-order valence-corrected chi connectivity index (χ3v) is 3.32. The van der Waals surface area contributed by atoms with Gasteiger partial charge >= 0.3 is 0 Å². The van der Waals surface area contributed by atoms with Crippen LogP contribution in [0.2, 0.25) is 0 Å². The lowest BCUT2D eigenvalue weighted by Gasteiger charge is -2.25. The van der Waals surface area contributed by atoms with Crippen LogP contribution in [0, 0.1) is 5.41 Å². The van der Waals surface area contributed by atoms with Crippen molar-refractivity contribution in [3.05, 3.63) is 35.9 Å². The van der Waals surface area contributed by atoms with Gasteiger partial charge in [-0.15, -0.1) is 12.4 Å². The summed E-state index contributed by atoms with van der Waals surface area (Å²) in [7, 11) is 0. The van der Waals surface area contributed by atoms with Crippen LogP contribution in [0.5, 0.6) is 0 Å². The Kier molecular flexibility index (Phi) is 8.51. The molecule has 0 saturated heterocycles. The van der Waals surface area contributed by atoms with Gasteiger partial charge in [0.1, 0.15) is 0 Å². The largest absolute Gasteiger partial charge is 0.354 e. The highest BCUT2D eigenvalue weighted by atomic mass is 35.5. The normalized spacial score (nSPS) is 12.4. The molecule has 0 aliphatic rings. The van der Waals surface area contributed by atoms with Gasteiger partial charge in [-0.1, -0.05) is 44.2 Å². The number of halogens is 1. The number of hydrogen-bond acceptors (Lipinski definition) is 2. The van der Waals surface area contributed by atoms with Gasteiger partial charge in [0.05, 0.1) is 6.04 Å². The number of carbonyl (C=O) groups excluding carboxylic acids is 1. The van der Waals surface area contributed by atoms with Crippen molar-refractivity contribution in [2.75, 3.05) is 6.54 Å². The van der Waals surface area contributed by atoms with Crippen molar-refractivity contribution in [1.29, 1.82) is 0 Å². The number of rotatable bonds is 7. The summed E-state index contributed by atoms with van der Waals surface area (Å²) in [5.41, 5.74) is 7.01. The summed E-state index contributed by atoms with van der Waals surface area (Å²) in [5, 5.41) is 2.91. The first kappa shape index (κ1) is 18.9. The number of nitrogens with two attached hydrogens (primary N) is 1. The van der Waals surface area contributed by atoms with E-state index >= 15 is 0 Å². The SMILES string of the molecule is C[C@H](N)C(=O)NCC(C)(C)CCCc1ccccc1.Cl. The van der Waals surface area contributed by atoms with E-state index in [-0.39, 0.29) is 23.7 Å². The molecule has 4 heteroatoms. The standard InChI is InChI=1S/C16H26N2O.ClH/c1-13(17)15(19)18-12-16(2,3)11-7-10-14-8-5-4-6-9-14;/h4-6,8-9,13H,7,10-12,17H2,1-3H3,(H,18,19);1H/t13-;/m0./s1. The Morgan fingerprint density at radius 2 is 1.90 bits per heavy atom. The van der Waals surface area contributed by atoms with Crippen LogP contribution in [0.1, 0.15) is 39.2 Å². The molecule has 3 nitrogen and oxygen atoms in total. The molecule has 0 saturated carbocycles. The highest BCUT2D eigenvalue weighted by Gasteiger charge is 2.19. The van der Waals surface area contributed by atoms with Gasteiger partial charge in [0.2, 0.25) is 5.91 Å². The maximum absolute atomic E-state index is 11.4. The van der Waals surface area contributed by atoms with Crippen molar-refractivity contribution < 1.29 is 4.79 Å². The predicted molar refractivity (Wildman–Crippen MR) is 87.1 cm³/mol. The van der Waals surface area contributed by atoms with Gasteiger partial charge in [-0.05, 0) is 37.2 Å². The van der Waals surface area contributed by atoms with E-state index in [1.807, 2.05) is 6.07 Å². The van der Waals surface area contributed by atoms with Crippen molar-refractivity contribution in [2.45, 2.75) is 46.1 Å². The molecular weight excluding hydrogens is 272 g/mol. The van der Waals surface area contributed by atoms with Gasteiger partial charge in [-0.25, -0.2) is 0 Å². The van der Waals surface area contributed by atoms with Gasteiger partial charge in [0.25, 0.3) is 0 Å². The first-order valence-corrected chi connectivity index (χ1v) is 6.98. The molecule has 0 aromatic heterocycles. The lowest BCUT2D eigenvalue weighted by atomic mass is 9.86. The Bertz CT molecular complexity index is 391. The molecule has 0 spiro atoms. The van der Waals surface area contributed by atoms with Crippen LogP contribution in [-0.4, -0.2) is 18.5 Å². The van der Waals surface area contributed by atoms with Crippen LogP contribution < -0.4 is 11.1 Å². The van der Waals surface area contributed by atoms with Crippen molar-refractivity contribution in [3.8, 4) is 0 Å². The van der Waals surface area contributed by atoms with E-state index in [4.69, 9.17) is 5.73 Å². The maximum Gasteiger partial charge on any atom is 0.236 e. The second-order valence-corrected chi connectivity index (χ2v) is 6.01. The minimum atomic E-state index is -0.430. The highest BCUT2D eigenvalue weighted by Crippen LogP contribution is 2.22. The molecule has 1 atom stereocenters. The lowest BCUT2D eigenvalue weighted by molar-refractivity contribution is -0.122. The molecule has 0 bridgehead atoms. The molecule has 0 unspecified atom stereocenters. The van der Waals surface area contributed by atoms with E-state index in [2.05, 4.69) is 43.4 Å². The van der Waals surface area contributed by atoms with Crippen molar-refractivity contribution in [2.24, 2.45) is 11.1 Å². The number of benzene rings is 1. The van der Waals surface area contributed by atoms with Crippen LogP contribution in [0.4, 0.5) is 0 Å². The van der Waals surface area contributed by atoms with Crippen LogP contribution in [-0.2, 0) is 11.2 Å². The molecule has 0 fully saturated rings. The molecule has 1 amide bonds. The Labute approximate surface area is 128 Å². The molecule has 3 N–H and O–H groups in total. The van der Waals surface area contributed by atoms with E-state index in [9.17, 15) is 4.79 Å². The van der Waals surface area contributed by atoms with Crippen molar-refractivity contribution in [1.82, 2.24) is 5.32 Å². The number of amides is 1. The number of nitrogens with one attached hydrogen (secondary N) is 1. The Morgan fingerprint density at radius 3 is 2.45 bits per heavy atom. The molecule has 0 radical (unpaired) electrons. The summed E-state index contributed by atoms with van der Waals surface area (Å²) in [6, 6.07) is 10.1. The monoisotopic (exact) mass is 298 g/mol. The Hall–Kier alpha value is -1.06. The van der Waals surface area contributed by atoms with E-state index in [0.29, 0.717) is 6.54 Å². The summed E-state index contributed by atoms with van der Waals surface area (Å²) in [6.45, 7) is 6.75. The molecule has 0 aliphatic carbocycles. The zero-order valence-electron chi connectivity index (χ0n) is 12.7. The average molecular weight is 299 g/mol. The van der Waals surface area contributed by atoms with Gasteiger partial charge in [-0.3, -0.25) is 4.79 Å². The van der Waals surface area contributed by atoms with E-state index in [0.717, 1.165) is 19.3 Å². The van der Waals surface area contributed by atoms with Gasteiger partial charge < -0.3 is 11.1 Å². The Morgan fingerprint density at radius 1 is 1.30 bits per heavy atom. The molecule has 114 valence electrons. The minimum absolute atomic E-state index is 0. The summed E-state index contributed by atoms with van der Waals surface area (Å²) in [5.74, 6) is -0.0730. The summed E-state index contributed by atoms with van der Waals surface area (Å²) < 4.78 is 0. The lowest BCUT2D eigenvalue weighted by Crippen LogP contribution is -2.42. The van der Waals surface area contributed by atoms with E-state index < -0.39 is 6.04 Å². The molecule has 0 heterocycles. The third kappa shape index (κ3) is 7.51. The third-order valence-electron chi connectivity index (χ3n) is 3.32. The molecule has 1 rings (SSSR count). The quantitative estimate of drug-likeness (QED) is 0.813. The second kappa shape index (κ2) is 8.98. The zero-order chi connectivity index (χ0) is 14.3. The fraction of sp³-hybridized carbons (Fsp3) is 0.562. The number of hydrogen-bond donors (Lipinski definition) is 2. The van der Waals surface area contributed by atoms with Crippen LogP contribution in [0.25, 0.3) is 0 Å². The fourth-order valence-electron chi connectivity index (χ4n) is 1.99. The second-order valence-electron chi connectivity index (χ2n) is 6.01. The molecule has 0 aliphatic heterocycles. The topological polar surface area (TPSA) is 55.1 Å². The fourth-order valence-corrected chi connectivity index (χ4v) is 1.99. The summed E-state index contributed by atoms with van der Waals surface area (Å²) in [6.07, 6.45) is 3.30. The first-order chi connectivity index (χ1) is 8.91. The molecule has 20 heavy (non-hydrogen) atoms. The average Bonchev–Trinajstić information content (AvgIpc) is 2.37. The van der Waals surface area contributed by atoms with E-state index in [1.165, 1.54) is 5.56 Å². The molecule has 1 aromatic rings. The van der Waals surface area contributed by atoms with Crippen molar-refractivity contribution in [3.63, 3.8) is 0 Å². The maximum atomic E-state index is 11.4. The Balaban J connectivity index is 0.00000361. The zero-order valence-corrected chi connectivity index (χ0v) is 13.5. The summed E-state index contributed by atoms with van der Waals surface area (Å²) >= 11 is 0. The van der Waals surface area contributed by atoms with Crippen molar-refractivity contribution >= 4 is 18.3 Å². The van der Waals surface area contributed by atoms with Gasteiger partial charge in [0.15, 0.2) is 0 Å². The van der Waals surface area contributed by atoms with Gasteiger partial charge in [0, 0.05) is 6.54 Å². The predicted octanol–water partition coefficient (Wildman–Crippen LogP) is 2.92. The first-order valence-electron chi connectivity index (χ1n) is 6.98. The number of aryl methyl sites for hydroxylation is 1. The molecule has 1 aromatic carbocycles. The van der Waals surface area contributed by atoms with Gasteiger partial charge in [-0.2, -0.15) is 0 Å². The van der Waals surface area contributed by atoms with Crippen LogP contribution >= 0.6 is 12.4 Å². The highest BCUT2D eigenvalue weighted by molar-refractivity contribution is 5.85. The number of carbonyl (C=O) groups is 1. The molecular formula is C16H27ClN2O. The minimum Gasteiger partial charge on any atom is -0.354 e. The van der Waals surface area contributed by atoms with Crippen LogP contribution in [0.3, 0.4) is 0 Å². The summed E-state index contributed by atoms with van der Waals surface area (Å²) in [4.78, 5) is 11.4. The smallest absolute Gasteiger partial charge is 0.236 e. The van der Waals surface area contributed by atoms with E-state index in [1.54, 1.807) is 6.92 Å².